The number of likely N-dealkylation sites (tertiary alicyclic amines) is 1. The lowest BCUT2D eigenvalue weighted by Gasteiger charge is -2.47. The zero-order chi connectivity index (χ0) is 17.4. The molecule has 0 saturated carbocycles. The summed E-state index contributed by atoms with van der Waals surface area (Å²) in [4.78, 5) is 14.2. The third-order valence-electron chi connectivity index (χ3n) is 5.09. The number of hydrogen-bond acceptors (Lipinski definition) is 2. The molecule has 4 rings (SSSR count). The second-order valence-electron chi connectivity index (χ2n) is 7.14. The van der Waals surface area contributed by atoms with Crippen molar-refractivity contribution in [2.45, 2.75) is 18.9 Å². The van der Waals surface area contributed by atoms with E-state index in [1.807, 2.05) is 0 Å². The highest BCUT2D eigenvalue weighted by molar-refractivity contribution is 5.94. The van der Waals surface area contributed by atoms with Gasteiger partial charge < -0.3 is 9.64 Å². The zero-order valence-corrected chi connectivity index (χ0v) is 13.8. The summed E-state index contributed by atoms with van der Waals surface area (Å²) in [5, 5.41) is 0. The van der Waals surface area contributed by atoms with E-state index in [4.69, 9.17) is 4.74 Å². The van der Waals surface area contributed by atoms with Crippen LogP contribution < -0.4 is 0 Å². The molecule has 2 fully saturated rings. The van der Waals surface area contributed by atoms with Crippen molar-refractivity contribution in [3.05, 3.63) is 71.3 Å². The number of amides is 1. The van der Waals surface area contributed by atoms with Crippen molar-refractivity contribution in [3.63, 3.8) is 0 Å². The van der Waals surface area contributed by atoms with Crippen molar-refractivity contribution >= 4 is 5.91 Å². The lowest BCUT2D eigenvalue weighted by Crippen LogP contribution is -2.59. The molecular formula is C20H19F2NO2. The summed E-state index contributed by atoms with van der Waals surface area (Å²) >= 11 is 0. The van der Waals surface area contributed by atoms with E-state index in [9.17, 15) is 13.6 Å². The number of halogens is 2. The molecule has 3 nitrogen and oxygen atoms in total. The van der Waals surface area contributed by atoms with Gasteiger partial charge in [-0.05, 0) is 54.8 Å². The summed E-state index contributed by atoms with van der Waals surface area (Å²) in [6.45, 7) is 1.98. The lowest BCUT2D eigenvalue weighted by atomic mass is 9.77. The minimum atomic E-state index is -0.343. The maximum atomic E-state index is 13.0. The highest BCUT2D eigenvalue weighted by atomic mass is 19.1. The Morgan fingerprint density at radius 2 is 1.64 bits per heavy atom. The first-order valence-electron chi connectivity index (χ1n) is 8.44. The average Bonchev–Trinajstić information content (AvgIpc) is 3.00. The summed E-state index contributed by atoms with van der Waals surface area (Å²) in [5.74, 6) is -0.640. The molecule has 0 aromatic heterocycles. The van der Waals surface area contributed by atoms with Gasteiger partial charge in [-0.3, -0.25) is 4.79 Å². The normalized spacial score (nSPS) is 21.4. The first kappa shape index (κ1) is 16.2. The van der Waals surface area contributed by atoms with E-state index in [0.29, 0.717) is 25.3 Å². The first-order valence-corrected chi connectivity index (χ1v) is 8.44. The maximum absolute atomic E-state index is 13.0. The third kappa shape index (κ3) is 3.29. The van der Waals surface area contributed by atoms with Gasteiger partial charge in [0.05, 0.1) is 12.7 Å². The number of carbonyl (C=O) groups excluding carboxylic acids is 1. The summed E-state index contributed by atoms with van der Waals surface area (Å²) in [6.07, 6.45) is 1.76. The summed E-state index contributed by atoms with van der Waals surface area (Å²) in [6, 6.07) is 12.2. The topological polar surface area (TPSA) is 29.5 Å². The van der Waals surface area contributed by atoms with Crippen molar-refractivity contribution in [1.82, 2.24) is 4.90 Å². The number of ether oxygens (including phenoxy) is 1. The largest absolute Gasteiger partial charge is 0.377 e. The van der Waals surface area contributed by atoms with Crippen LogP contribution in [0.25, 0.3) is 0 Å². The molecule has 0 unspecified atom stereocenters. The van der Waals surface area contributed by atoms with Crippen LogP contribution in [0.4, 0.5) is 8.78 Å². The predicted octanol–water partition coefficient (Wildman–Crippen LogP) is 3.44. The Labute approximate surface area is 145 Å². The fourth-order valence-corrected chi connectivity index (χ4v) is 3.81. The Morgan fingerprint density at radius 1 is 1.04 bits per heavy atom. The Hall–Kier alpha value is -2.27. The molecule has 0 aliphatic carbocycles. The Balaban J connectivity index is 1.33. The van der Waals surface area contributed by atoms with Crippen molar-refractivity contribution in [2.75, 3.05) is 19.7 Å². The van der Waals surface area contributed by atoms with E-state index in [2.05, 4.69) is 0 Å². The lowest BCUT2D eigenvalue weighted by molar-refractivity contribution is -0.00134. The van der Waals surface area contributed by atoms with E-state index >= 15 is 0 Å². The van der Waals surface area contributed by atoms with Gasteiger partial charge in [0.1, 0.15) is 11.6 Å². The van der Waals surface area contributed by atoms with Gasteiger partial charge in [-0.2, -0.15) is 0 Å². The molecule has 0 N–H and O–H groups in total. The Morgan fingerprint density at radius 3 is 2.28 bits per heavy atom. The molecule has 1 amide bonds. The molecule has 0 radical (unpaired) electrons. The van der Waals surface area contributed by atoms with Crippen molar-refractivity contribution < 1.29 is 18.3 Å². The SMILES string of the molecule is O=C(c1ccc(F)cc1)N1CC2(CO[C@H](Cc3ccc(F)cc3)C2)C1. The van der Waals surface area contributed by atoms with Crippen molar-refractivity contribution in [1.29, 1.82) is 0 Å². The quantitative estimate of drug-likeness (QED) is 0.854. The van der Waals surface area contributed by atoms with Gasteiger partial charge in [0, 0.05) is 24.1 Å². The Bertz CT molecular complexity index is 767. The highest BCUT2D eigenvalue weighted by Crippen LogP contribution is 2.42. The molecule has 2 aromatic carbocycles. The van der Waals surface area contributed by atoms with E-state index in [1.54, 1.807) is 17.0 Å². The molecule has 5 heteroatoms. The van der Waals surface area contributed by atoms with Crippen LogP contribution in [-0.2, 0) is 11.2 Å². The molecule has 2 saturated heterocycles. The molecule has 2 heterocycles. The summed E-state index contributed by atoms with van der Waals surface area (Å²) < 4.78 is 31.9. The molecule has 2 aliphatic rings. The minimum Gasteiger partial charge on any atom is -0.377 e. The molecular weight excluding hydrogens is 324 g/mol. The van der Waals surface area contributed by atoms with Gasteiger partial charge in [0.15, 0.2) is 0 Å². The van der Waals surface area contributed by atoms with Gasteiger partial charge in [-0.25, -0.2) is 8.78 Å². The fraction of sp³-hybridized carbons (Fsp3) is 0.350. The van der Waals surface area contributed by atoms with Crippen LogP contribution in [0, 0.1) is 17.0 Å². The standard InChI is InChI=1S/C20H19F2NO2/c21-16-5-1-14(2-6-16)9-18-10-20(13-25-18)11-23(12-20)19(24)15-3-7-17(22)8-4-15/h1-8,18H,9-13H2/t18-/m1/s1. The van der Waals surface area contributed by atoms with E-state index in [0.717, 1.165) is 18.4 Å². The third-order valence-corrected chi connectivity index (χ3v) is 5.09. The smallest absolute Gasteiger partial charge is 0.253 e. The van der Waals surface area contributed by atoms with E-state index in [-0.39, 0.29) is 29.1 Å². The highest BCUT2D eigenvalue weighted by Gasteiger charge is 2.50. The van der Waals surface area contributed by atoms with Crippen LogP contribution >= 0.6 is 0 Å². The number of nitrogens with zero attached hydrogens (tertiary/aromatic N) is 1. The van der Waals surface area contributed by atoms with Crippen LogP contribution in [0.1, 0.15) is 22.3 Å². The summed E-state index contributed by atoms with van der Waals surface area (Å²) in [5.41, 5.74) is 1.60. The van der Waals surface area contributed by atoms with Gasteiger partial charge in [-0.1, -0.05) is 12.1 Å². The van der Waals surface area contributed by atoms with Crippen LogP contribution in [0.15, 0.2) is 48.5 Å². The maximum Gasteiger partial charge on any atom is 0.253 e. The molecule has 25 heavy (non-hydrogen) atoms. The molecule has 2 aliphatic heterocycles. The van der Waals surface area contributed by atoms with Crippen molar-refractivity contribution in [2.24, 2.45) is 5.41 Å². The molecule has 2 aromatic rings. The average molecular weight is 343 g/mol. The van der Waals surface area contributed by atoms with Crippen LogP contribution in [-0.4, -0.2) is 36.6 Å². The van der Waals surface area contributed by atoms with Gasteiger partial charge in [0.25, 0.3) is 5.91 Å². The number of carbonyl (C=O) groups is 1. The number of benzene rings is 2. The van der Waals surface area contributed by atoms with Gasteiger partial charge in [0.2, 0.25) is 0 Å². The summed E-state index contributed by atoms with van der Waals surface area (Å²) in [7, 11) is 0. The van der Waals surface area contributed by atoms with E-state index < -0.39 is 0 Å². The number of hydrogen-bond donors (Lipinski definition) is 0. The van der Waals surface area contributed by atoms with Gasteiger partial charge >= 0.3 is 0 Å². The molecule has 0 bridgehead atoms. The number of rotatable bonds is 3. The first-order chi connectivity index (χ1) is 12.0. The second kappa shape index (κ2) is 6.23. The predicted molar refractivity (Wildman–Crippen MR) is 89.2 cm³/mol. The molecule has 1 atom stereocenters. The van der Waals surface area contributed by atoms with Crippen LogP contribution in [0.5, 0.6) is 0 Å². The Kier molecular flexibility index (Phi) is 4.04. The molecule has 130 valence electrons. The van der Waals surface area contributed by atoms with Crippen LogP contribution in [0.3, 0.4) is 0 Å². The van der Waals surface area contributed by atoms with Gasteiger partial charge in [-0.15, -0.1) is 0 Å². The van der Waals surface area contributed by atoms with E-state index in [1.165, 1.54) is 36.4 Å². The fourth-order valence-electron chi connectivity index (χ4n) is 3.81. The molecule has 1 spiro atoms. The minimum absolute atomic E-state index is 0.0282. The monoisotopic (exact) mass is 343 g/mol. The second-order valence-corrected chi connectivity index (χ2v) is 7.14. The van der Waals surface area contributed by atoms with Crippen LogP contribution in [0.2, 0.25) is 0 Å². The van der Waals surface area contributed by atoms with Crippen molar-refractivity contribution in [3.8, 4) is 0 Å². The zero-order valence-electron chi connectivity index (χ0n) is 13.8.